The maximum Gasteiger partial charge on any atom is 0.344 e. The van der Waals surface area contributed by atoms with Crippen molar-refractivity contribution in [1.82, 2.24) is 19.6 Å². The molecule has 7 heteroatoms. The van der Waals surface area contributed by atoms with Gasteiger partial charge in [0.1, 0.15) is 12.1 Å². The highest BCUT2D eigenvalue weighted by molar-refractivity contribution is 5.91. The van der Waals surface area contributed by atoms with Gasteiger partial charge in [0.05, 0.1) is 12.2 Å². The third-order valence-electron chi connectivity index (χ3n) is 2.95. The summed E-state index contributed by atoms with van der Waals surface area (Å²) in [6.07, 6.45) is 1.36. The van der Waals surface area contributed by atoms with E-state index >= 15 is 0 Å². The van der Waals surface area contributed by atoms with Gasteiger partial charge in [-0.3, -0.25) is 0 Å². The van der Waals surface area contributed by atoms with Crippen molar-refractivity contribution in [2.24, 2.45) is 0 Å². The van der Waals surface area contributed by atoms with Crippen LogP contribution in [0, 0.1) is 6.92 Å². The van der Waals surface area contributed by atoms with Crippen molar-refractivity contribution in [3.8, 4) is 11.6 Å². The molecule has 0 radical (unpaired) electrons. The molecule has 0 bridgehead atoms. The Bertz CT molecular complexity index is 811. The number of carbonyl (C=O) groups is 1. The van der Waals surface area contributed by atoms with Gasteiger partial charge >= 0.3 is 5.97 Å². The first-order chi connectivity index (χ1) is 10.7. The van der Waals surface area contributed by atoms with Crippen LogP contribution in [0.1, 0.15) is 23.0 Å². The fourth-order valence-electron chi connectivity index (χ4n) is 1.98. The van der Waals surface area contributed by atoms with E-state index in [4.69, 9.17) is 9.47 Å². The zero-order valence-electron chi connectivity index (χ0n) is 12.2. The van der Waals surface area contributed by atoms with Gasteiger partial charge in [0.25, 0.3) is 5.78 Å². The number of hydrogen-bond donors (Lipinski definition) is 0. The van der Waals surface area contributed by atoms with Crippen molar-refractivity contribution in [3.05, 3.63) is 47.9 Å². The Morgan fingerprint density at radius 2 is 2.05 bits per heavy atom. The van der Waals surface area contributed by atoms with Crippen LogP contribution in [0.3, 0.4) is 0 Å². The number of ether oxygens (including phenoxy) is 2. The Labute approximate surface area is 126 Å². The fraction of sp³-hybridized carbons (Fsp3) is 0.200. The van der Waals surface area contributed by atoms with Crippen LogP contribution < -0.4 is 9.47 Å². The molecule has 2 aromatic heterocycles. The third kappa shape index (κ3) is 2.73. The lowest BCUT2D eigenvalue weighted by molar-refractivity contribution is 0.0723. The third-order valence-corrected chi connectivity index (χ3v) is 2.95. The van der Waals surface area contributed by atoms with E-state index in [9.17, 15) is 4.79 Å². The van der Waals surface area contributed by atoms with E-state index in [1.165, 1.54) is 10.8 Å². The van der Waals surface area contributed by atoms with Crippen molar-refractivity contribution in [3.63, 3.8) is 0 Å². The molecule has 22 heavy (non-hydrogen) atoms. The van der Waals surface area contributed by atoms with E-state index in [1.54, 1.807) is 37.3 Å². The van der Waals surface area contributed by atoms with Crippen molar-refractivity contribution in [2.45, 2.75) is 13.8 Å². The van der Waals surface area contributed by atoms with Crippen molar-refractivity contribution in [1.29, 1.82) is 0 Å². The number of carbonyl (C=O) groups excluding carboxylic acids is 1. The summed E-state index contributed by atoms with van der Waals surface area (Å²) >= 11 is 0. The molecule has 112 valence electrons. The molecule has 3 rings (SSSR count). The summed E-state index contributed by atoms with van der Waals surface area (Å²) in [5.74, 6) is 0.885. The number of benzene rings is 1. The van der Waals surface area contributed by atoms with Gasteiger partial charge in [-0.25, -0.2) is 9.78 Å². The smallest absolute Gasteiger partial charge is 0.344 e. The summed E-state index contributed by atoms with van der Waals surface area (Å²) in [4.78, 5) is 20.4. The summed E-state index contributed by atoms with van der Waals surface area (Å²) in [5, 5.41) is 3.99. The van der Waals surface area contributed by atoms with Gasteiger partial charge in [0.15, 0.2) is 0 Å². The SMILES string of the molecule is CCOc1ccc(C(=O)Oc2cc(C)nc3ncnn23)cc1. The van der Waals surface area contributed by atoms with Gasteiger partial charge in [-0.2, -0.15) is 14.6 Å². The van der Waals surface area contributed by atoms with Crippen molar-refractivity contribution in [2.75, 3.05) is 6.61 Å². The lowest BCUT2D eigenvalue weighted by atomic mass is 10.2. The van der Waals surface area contributed by atoms with Crippen LogP contribution in [0.15, 0.2) is 36.7 Å². The molecule has 0 saturated carbocycles. The Kier molecular flexibility index (Phi) is 3.69. The molecular formula is C15H14N4O3. The highest BCUT2D eigenvalue weighted by atomic mass is 16.5. The molecule has 0 saturated heterocycles. The van der Waals surface area contributed by atoms with Crippen LogP contribution >= 0.6 is 0 Å². The topological polar surface area (TPSA) is 78.6 Å². The van der Waals surface area contributed by atoms with Crippen LogP contribution in [-0.2, 0) is 0 Å². The van der Waals surface area contributed by atoms with Gasteiger partial charge < -0.3 is 9.47 Å². The Morgan fingerprint density at radius 3 is 2.77 bits per heavy atom. The second kappa shape index (κ2) is 5.80. The number of aromatic nitrogens is 4. The first kappa shape index (κ1) is 14.0. The summed E-state index contributed by atoms with van der Waals surface area (Å²) in [6, 6.07) is 8.39. The fourth-order valence-corrected chi connectivity index (χ4v) is 1.98. The number of rotatable bonds is 4. The standard InChI is InChI=1S/C15H14N4O3/c1-3-21-12-6-4-11(5-7-12)14(20)22-13-8-10(2)18-15-16-9-17-19(13)15/h4-9H,3H2,1-2H3. The van der Waals surface area contributed by atoms with E-state index in [0.717, 1.165) is 0 Å². The number of fused-ring (bicyclic) bond motifs is 1. The van der Waals surface area contributed by atoms with Crippen molar-refractivity contribution >= 4 is 11.7 Å². The molecular weight excluding hydrogens is 284 g/mol. The van der Waals surface area contributed by atoms with E-state index < -0.39 is 5.97 Å². The second-order valence-corrected chi connectivity index (χ2v) is 4.55. The minimum Gasteiger partial charge on any atom is -0.494 e. The molecule has 0 fully saturated rings. The van der Waals surface area contributed by atoms with Crippen LogP contribution in [0.25, 0.3) is 5.78 Å². The molecule has 0 atom stereocenters. The highest BCUT2D eigenvalue weighted by Crippen LogP contribution is 2.17. The Balaban J connectivity index is 1.85. The number of nitrogens with zero attached hydrogens (tertiary/aromatic N) is 4. The monoisotopic (exact) mass is 298 g/mol. The molecule has 0 unspecified atom stereocenters. The Hall–Kier alpha value is -2.96. The first-order valence-corrected chi connectivity index (χ1v) is 6.80. The van der Waals surface area contributed by atoms with E-state index in [-0.39, 0.29) is 5.88 Å². The maximum absolute atomic E-state index is 12.2. The van der Waals surface area contributed by atoms with Gasteiger partial charge in [-0.05, 0) is 38.1 Å². The molecule has 1 aromatic carbocycles. The summed E-state index contributed by atoms with van der Waals surface area (Å²) in [5.41, 5.74) is 1.11. The van der Waals surface area contributed by atoms with E-state index in [0.29, 0.717) is 29.4 Å². The molecule has 7 nitrogen and oxygen atoms in total. The van der Waals surface area contributed by atoms with Crippen molar-refractivity contribution < 1.29 is 14.3 Å². The number of aryl methyl sites for hydroxylation is 1. The van der Waals surface area contributed by atoms with Gasteiger partial charge in [0.2, 0.25) is 5.88 Å². The number of esters is 1. The van der Waals surface area contributed by atoms with Crippen LogP contribution in [-0.4, -0.2) is 32.2 Å². The van der Waals surface area contributed by atoms with Crippen LogP contribution in [0.2, 0.25) is 0 Å². The average Bonchev–Trinajstić information content (AvgIpc) is 2.96. The molecule has 0 spiro atoms. The maximum atomic E-state index is 12.2. The number of hydrogen-bond acceptors (Lipinski definition) is 6. The molecule has 0 amide bonds. The Morgan fingerprint density at radius 1 is 1.27 bits per heavy atom. The van der Waals surface area contributed by atoms with E-state index in [2.05, 4.69) is 15.1 Å². The zero-order chi connectivity index (χ0) is 15.5. The van der Waals surface area contributed by atoms with Gasteiger partial charge in [-0.15, -0.1) is 0 Å². The molecule has 0 aliphatic carbocycles. The second-order valence-electron chi connectivity index (χ2n) is 4.55. The average molecular weight is 298 g/mol. The van der Waals surface area contributed by atoms with Crippen LogP contribution in [0.4, 0.5) is 0 Å². The quantitative estimate of drug-likeness (QED) is 0.686. The minimum atomic E-state index is -0.481. The predicted molar refractivity (Wildman–Crippen MR) is 78.1 cm³/mol. The normalized spacial score (nSPS) is 10.6. The lowest BCUT2D eigenvalue weighted by Gasteiger charge is -2.07. The minimum absolute atomic E-state index is 0.277. The molecule has 2 heterocycles. The summed E-state index contributed by atoms with van der Waals surface area (Å²) in [7, 11) is 0. The molecule has 0 aliphatic rings. The first-order valence-electron chi connectivity index (χ1n) is 6.80. The van der Waals surface area contributed by atoms with E-state index in [1.807, 2.05) is 6.92 Å². The largest absolute Gasteiger partial charge is 0.494 e. The van der Waals surface area contributed by atoms with Gasteiger partial charge in [-0.1, -0.05) is 0 Å². The molecule has 3 aromatic rings. The summed E-state index contributed by atoms with van der Waals surface area (Å²) in [6.45, 7) is 4.27. The summed E-state index contributed by atoms with van der Waals surface area (Å²) < 4.78 is 12.1. The molecule has 0 aliphatic heterocycles. The lowest BCUT2D eigenvalue weighted by Crippen LogP contribution is -2.12. The van der Waals surface area contributed by atoms with Gasteiger partial charge in [0, 0.05) is 11.8 Å². The zero-order valence-corrected chi connectivity index (χ0v) is 12.2. The predicted octanol–water partition coefficient (Wildman–Crippen LogP) is 2.05. The molecule has 0 N–H and O–H groups in total. The van der Waals surface area contributed by atoms with Crippen LogP contribution in [0.5, 0.6) is 11.6 Å². The highest BCUT2D eigenvalue weighted by Gasteiger charge is 2.13.